The zero-order valence-corrected chi connectivity index (χ0v) is 14.5. The van der Waals surface area contributed by atoms with E-state index < -0.39 is 0 Å². The SMILES string of the molecule is Cn1cc([C@H]2CNC[C@@H]2C(=O)N2CC3CC4CC(C3)CC2C4)cn1. The van der Waals surface area contributed by atoms with E-state index in [2.05, 4.69) is 21.5 Å². The molecule has 2 unspecified atom stereocenters. The number of aromatic nitrogens is 2. The summed E-state index contributed by atoms with van der Waals surface area (Å²) in [7, 11) is 1.95. The topological polar surface area (TPSA) is 50.2 Å². The molecule has 1 aromatic rings. The maximum atomic E-state index is 13.5. The van der Waals surface area contributed by atoms with Crippen LogP contribution in [0.1, 0.15) is 43.6 Å². The molecule has 2 aliphatic carbocycles. The first-order valence-corrected chi connectivity index (χ1v) is 9.67. The van der Waals surface area contributed by atoms with E-state index in [1.807, 2.05) is 17.9 Å². The summed E-state index contributed by atoms with van der Waals surface area (Å²) in [5.74, 6) is 3.32. The van der Waals surface area contributed by atoms with Gasteiger partial charge in [-0.2, -0.15) is 5.10 Å². The van der Waals surface area contributed by atoms with Crippen LogP contribution >= 0.6 is 0 Å². The predicted octanol–water partition coefficient (Wildman–Crippen LogP) is 1.76. The van der Waals surface area contributed by atoms with Gasteiger partial charge in [-0.05, 0) is 55.4 Å². The fourth-order valence-electron chi connectivity index (χ4n) is 6.19. The van der Waals surface area contributed by atoms with Crippen LogP contribution in [0.3, 0.4) is 0 Å². The first-order chi connectivity index (χ1) is 11.7. The molecule has 130 valence electrons. The highest BCUT2D eigenvalue weighted by Crippen LogP contribution is 2.48. The van der Waals surface area contributed by atoms with Gasteiger partial charge in [0.1, 0.15) is 0 Å². The van der Waals surface area contributed by atoms with Crippen molar-refractivity contribution in [3.63, 3.8) is 0 Å². The normalized spacial score (nSPS) is 41.0. The number of hydrogen-bond donors (Lipinski definition) is 1. The summed E-state index contributed by atoms with van der Waals surface area (Å²) in [5, 5.41) is 7.77. The lowest BCUT2D eigenvalue weighted by molar-refractivity contribution is -0.138. The zero-order valence-electron chi connectivity index (χ0n) is 14.5. The third-order valence-corrected chi connectivity index (χ3v) is 7.07. The molecule has 5 fully saturated rings. The Hall–Kier alpha value is -1.36. The summed E-state index contributed by atoms with van der Waals surface area (Å²) < 4.78 is 1.85. The minimum atomic E-state index is 0.0878. The van der Waals surface area contributed by atoms with Gasteiger partial charge in [0.15, 0.2) is 0 Å². The number of carbonyl (C=O) groups excluding carboxylic acids is 1. The van der Waals surface area contributed by atoms with Gasteiger partial charge >= 0.3 is 0 Å². The molecule has 0 radical (unpaired) electrons. The van der Waals surface area contributed by atoms with Crippen molar-refractivity contribution in [2.24, 2.45) is 30.7 Å². The van der Waals surface area contributed by atoms with E-state index in [0.29, 0.717) is 11.9 Å². The molecule has 5 nitrogen and oxygen atoms in total. The van der Waals surface area contributed by atoms with Crippen LogP contribution in [0.15, 0.2) is 12.4 Å². The molecule has 0 aromatic carbocycles. The maximum absolute atomic E-state index is 13.5. The number of nitrogens with zero attached hydrogens (tertiary/aromatic N) is 3. The smallest absolute Gasteiger partial charge is 0.227 e. The Balaban J connectivity index is 1.39. The molecule has 5 heteroatoms. The quantitative estimate of drug-likeness (QED) is 0.900. The lowest BCUT2D eigenvalue weighted by atomic mass is 9.68. The highest BCUT2D eigenvalue weighted by atomic mass is 16.2. The number of rotatable bonds is 2. The fraction of sp³-hybridized carbons (Fsp3) is 0.789. The highest BCUT2D eigenvalue weighted by Gasteiger charge is 2.46. The minimum Gasteiger partial charge on any atom is -0.339 e. The average molecular weight is 328 g/mol. The van der Waals surface area contributed by atoms with Gasteiger partial charge in [0, 0.05) is 44.8 Å². The van der Waals surface area contributed by atoms with Crippen LogP contribution in [0.5, 0.6) is 0 Å². The van der Waals surface area contributed by atoms with Gasteiger partial charge in [-0.3, -0.25) is 9.48 Å². The second-order valence-electron chi connectivity index (χ2n) is 8.74. The second-order valence-corrected chi connectivity index (χ2v) is 8.74. The van der Waals surface area contributed by atoms with E-state index in [-0.39, 0.29) is 11.8 Å². The molecule has 5 aliphatic rings. The highest BCUT2D eigenvalue weighted by molar-refractivity contribution is 5.81. The van der Waals surface area contributed by atoms with Crippen molar-refractivity contribution < 1.29 is 4.79 Å². The van der Waals surface area contributed by atoms with Crippen molar-refractivity contribution in [3.8, 4) is 0 Å². The van der Waals surface area contributed by atoms with Gasteiger partial charge in [-0.15, -0.1) is 0 Å². The van der Waals surface area contributed by atoms with Crippen molar-refractivity contribution >= 4 is 5.91 Å². The first kappa shape index (κ1) is 14.9. The fourth-order valence-corrected chi connectivity index (χ4v) is 6.19. The Morgan fingerprint density at radius 1 is 1.12 bits per heavy atom. The van der Waals surface area contributed by atoms with Crippen molar-refractivity contribution in [2.45, 2.75) is 44.1 Å². The van der Waals surface area contributed by atoms with Crippen LogP contribution in [0.25, 0.3) is 0 Å². The number of nitrogens with one attached hydrogen (secondary N) is 1. The van der Waals surface area contributed by atoms with Gasteiger partial charge in [0.2, 0.25) is 5.91 Å². The molecule has 3 saturated heterocycles. The summed E-state index contributed by atoms with van der Waals surface area (Å²) in [6.45, 7) is 2.74. The van der Waals surface area contributed by atoms with Crippen LogP contribution in [0.4, 0.5) is 0 Å². The van der Waals surface area contributed by atoms with E-state index in [1.54, 1.807) is 0 Å². The molecular weight excluding hydrogens is 300 g/mol. The molecule has 1 N–H and O–H groups in total. The third kappa shape index (κ3) is 2.40. The third-order valence-electron chi connectivity index (χ3n) is 7.07. The monoisotopic (exact) mass is 328 g/mol. The standard InChI is InChI=1S/C19H28N4O/c1-22-11-15(7-21-22)17-8-20-9-18(17)19(24)23-10-14-3-12-2-13(4-14)6-16(23)5-12/h7,11-14,16-18,20H,2-6,8-10H2,1H3/t12?,13?,14?,16?,17-,18+/m1/s1. The van der Waals surface area contributed by atoms with Crippen molar-refractivity contribution in [1.29, 1.82) is 0 Å². The second kappa shape index (κ2) is 5.58. The number of amides is 1. The van der Waals surface area contributed by atoms with E-state index >= 15 is 0 Å². The summed E-state index contributed by atoms with van der Waals surface area (Å²) >= 11 is 0. The van der Waals surface area contributed by atoms with Gasteiger partial charge in [0.25, 0.3) is 0 Å². The van der Waals surface area contributed by atoms with Crippen molar-refractivity contribution in [1.82, 2.24) is 20.0 Å². The molecule has 4 atom stereocenters. The number of aryl methyl sites for hydroxylation is 1. The predicted molar refractivity (Wildman–Crippen MR) is 91.4 cm³/mol. The van der Waals surface area contributed by atoms with Crippen LogP contribution in [0, 0.1) is 23.7 Å². The Bertz CT molecular complexity index is 627. The Labute approximate surface area is 143 Å². The van der Waals surface area contributed by atoms with Gasteiger partial charge < -0.3 is 10.2 Å². The Kier molecular flexibility index (Phi) is 3.47. The first-order valence-electron chi connectivity index (χ1n) is 9.67. The van der Waals surface area contributed by atoms with Crippen LogP contribution < -0.4 is 5.32 Å². The van der Waals surface area contributed by atoms with E-state index in [1.165, 1.54) is 37.7 Å². The van der Waals surface area contributed by atoms with E-state index in [9.17, 15) is 4.79 Å². The van der Waals surface area contributed by atoms with Crippen molar-refractivity contribution in [2.75, 3.05) is 19.6 Å². The summed E-state index contributed by atoms with van der Waals surface area (Å²) in [6.07, 6.45) is 10.7. The van der Waals surface area contributed by atoms with E-state index in [0.717, 1.165) is 37.4 Å². The molecule has 1 aromatic heterocycles. The van der Waals surface area contributed by atoms with Crippen LogP contribution in [-0.4, -0.2) is 46.3 Å². The molecule has 1 amide bonds. The molecule has 4 heterocycles. The van der Waals surface area contributed by atoms with Gasteiger partial charge in [-0.1, -0.05) is 0 Å². The average Bonchev–Trinajstić information content (AvgIpc) is 3.15. The Morgan fingerprint density at radius 3 is 2.58 bits per heavy atom. The molecule has 2 saturated carbocycles. The number of hydrogen-bond acceptors (Lipinski definition) is 3. The van der Waals surface area contributed by atoms with Crippen LogP contribution in [-0.2, 0) is 11.8 Å². The molecular formula is C19H28N4O. The molecule has 0 spiro atoms. The number of fused-ring (bicyclic) bond motifs is 1. The van der Waals surface area contributed by atoms with Crippen molar-refractivity contribution in [3.05, 3.63) is 18.0 Å². The number of carbonyl (C=O) groups is 1. The van der Waals surface area contributed by atoms with Gasteiger partial charge in [-0.25, -0.2) is 0 Å². The minimum absolute atomic E-state index is 0.0878. The molecule has 3 aliphatic heterocycles. The molecule has 24 heavy (non-hydrogen) atoms. The molecule has 6 rings (SSSR count). The lowest BCUT2D eigenvalue weighted by Crippen LogP contribution is -2.46. The summed E-state index contributed by atoms with van der Waals surface area (Å²) in [5.41, 5.74) is 1.21. The molecule has 4 bridgehead atoms. The lowest BCUT2D eigenvalue weighted by Gasteiger charge is -2.39. The van der Waals surface area contributed by atoms with Crippen LogP contribution in [0.2, 0.25) is 0 Å². The van der Waals surface area contributed by atoms with E-state index in [4.69, 9.17) is 0 Å². The maximum Gasteiger partial charge on any atom is 0.227 e. The summed E-state index contributed by atoms with van der Waals surface area (Å²) in [4.78, 5) is 15.8. The zero-order chi connectivity index (χ0) is 16.3. The Morgan fingerprint density at radius 2 is 1.88 bits per heavy atom. The summed E-state index contributed by atoms with van der Waals surface area (Å²) in [6, 6.07) is 0.517. The van der Waals surface area contributed by atoms with Gasteiger partial charge in [0.05, 0.1) is 12.1 Å². The largest absolute Gasteiger partial charge is 0.339 e.